The van der Waals surface area contributed by atoms with Gasteiger partial charge in [-0.15, -0.1) is 0 Å². The predicted octanol–water partition coefficient (Wildman–Crippen LogP) is 4.26. The summed E-state index contributed by atoms with van der Waals surface area (Å²) in [4.78, 5) is 6.61. The average molecular weight is 402 g/mol. The maximum atomic E-state index is 10.9. The van der Waals surface area contributed by atoms with Gasteiger partial charge in [0.2, 0.25) is 0 Å². The molecule has 1 atom stereocenters. The van der Waals surface area contributed by atoms with E-state index in [1.54, 1.807) is 6.20 Å². The quantitative estimate of drug-likeness (QED) is 0.479. The summed E-state index contributed by atoms with van der Waals surface area (Å²) in [5, 5.41) is 11.8. The van der Waals surface area contributed by atoms with Crippen LogP contribution in [0.1, 0.15) is 22.8 Å². The molecular weight excluding hydrogens is 374 g/mol. The zero-order chi connectivity index (χ0) is 20.9. The number of hydrogen-bond donors (Lipinski definition) is 1. The lowest BCUT2D eigenvalue weighted by Crippen LogP contribution is -2.20. The van der Waals surface area contributed by atoms with Gasteiger partial charge in [-0.05, 0) is 31.3 Å². The topological polar surface area (TPSA) is 50.5 Å². The number of likely N-dealkylation sites (N-methyl/N-ethyl adjacent to an activating group) is 1. The van der Waals surface area contributed by atoms with E-state index in [9.17, 15) is 5.11 Å². The number of aromatic nitrogens is 2. The molecule has 0 aliphatic carbocycles. The van der Waals surface area contributed by atoms with Gasteiger partial charge in [-0.25, -0.2) is 4.98 Å². The van der Waals surface area contributed by atoms with Gasteiger partial charge in [0.1, 0.15) is 18.0 Å². The fraction of sp³-hybridized carbons (Fsp3) is 0.240. The van der Waals surface area contributed by atoms with Crippen LogP contribution in [0.3, 0.4) is 0 Å². The molecule has 5 nitrogen and oxygen atoms in total. The molecule has 0 aliphatic rings. The molecule has 0 fully saturated rings. The van der Waals surface area contributed by atoms with Crippen molar-refractivity contribution in [2.75, 3.05) is 20.6 Å². The van der Waals surface area contributed by atoms with Crippen molar-refractivity contribution in [1.82, 2.24) is 14.5 Å². The minimum Gasteiger partial charge on any atom is -0.488 e. The van der Waals surface area contributed by atoms with Crippen LogP contribution in [0.2, 0.25) is 0 Å². The second kappa shape index (κ2) is 9.11. The summed E-state index contributed by atoms with van der Waals surface area (Å²) in [7, 11) is 3.91. The third-order valence-electron chi connectivity index (χ3n) is 5.08. The number of hydrogen-bond acceptors (Lipinski definition) is 4. The smallest absolute Gasteiger partial charge is 0.144 e. The van der Waals surface area contributed by atoms with E-state index >= 15 is 0 Å². The van der Waals surface area contributed by atoms with Crippen molar-refractivity contribution in [2.45, 2.75) is 19.3 Å². The highest BCUT2D eigenvalue weighted by atomic mass is 16.5. The fourth-order valence-corrected chi connectivity index (χ4v) is 3.67. The molecule has 0 bridgehead atoms. The second-order valence-electron chi connectivity index (χ2n) is 7.76. The molecule has 5 heteroatoms. The van der Waals surface area contributed by atoms with Crippen molar-refractivity contribution >= 4 is 11.0 Å². The summed E-state index contributed by atoms with van der Waals surface area (Å²) >= 11 is 0. The lowest BCUT2D eigenvalue weighted by molar-refractivity contribution is 0.139. The minimum atomic E-state index is -0.636. The van der Waals surface area contributed by atoms with Gasteiger partial charge in [-0.3, -0.25) is 0 Å². The normalized spacial score (nSPS) is 12.4. The Morgan fingerprint density at radius 1 is 0.967 bits per heavy atom. The summed E-state index contributed by atoms with van der Waals surface area (Å²) in [6.07, 6.45) is 3.14. The second-order valence-corrected chi connectivity index (χ2v) is 7.76. The Balaban J connectivity index is 1.74. The predicted molar refractivity (Wildman–Crippen MR) is 120 cm³/mol. The first-order valence-electron chi connectivity index (χ1n) is 10.1. The molecule has 4 aromatic rings. The number of pyridine rings is 1. The number of aliphatic hydroxyl groups is 1. The van der Waals surface area contributed by atoms with Crippen molar-refractivity contribution in [3.05, 3.63) is 95.8 Å². The van der Waals surface area contributed by atoms with Crippen molar-refractivity contribution in [2.24, 2.45) is 0 Å². The van der Waals surface area contributed by atoms with Crippen LogP contribution in [-0.2, 0) is 13.2 Å². The van der Waals surface area contributed by atoms with Gasteiger partial charge >= 0.3 is 0 Å². The lowest BCUT2D eigenvalue weighted by Gasteiger charge is -2.16. The SMILES string of the molecule is CN(C)CC(O)c1cn(Cc2ccccc2)c2nccc(OCc3ccccc3)c12. The van der Waals surface area contributed by atoms with E-state index in [0.717, 1.165) is 27.9 Å². The van der Waals surface area contributed by atoms with Gasteiger partial charge in [0.15, 0.2) is 0 Å². The summed E-state index contributed by atoms with van der Waals surface area (Å²) in [5.74, 6) is 0.739. The van der Waals surface area contributed by atoms with Gasteiger partial charge in [0.05, 0.1) is 11.5 Å². The third-order valence-corrected chi connectivity index (χ3v) is 5.08. The molecule has 0 spiro atoms. The van der Waals surface area contributed by atoms with Crippen LogP contribution in [0.25, 0.3) is 11.0 Å². The number of ether oxygens (including phenoxy) is 1. The standard InChI is InChI=1S/C25H27N3O2/c1-27(2)17-22(29)21-16-28(15-19-9-5-3-6-10-19)25-24(21)23(13-14-26-25)30-18-20-11-7-4-8-12-20/h3-14,16,22,29H,15,17-18H2,1-2H3. The number of rotatable bonds is 8. The van der Waals surface area contributed by atoms with Crippen LogP contribution in [0.4, 0.5) is 0 Å². The van der Waals surface area contributed by atoms with Crippen LogP contribution in [0.5, 0.6) is 5.75 Å². The first kappa shape index (κ1) is 20.1. The molecule has 1 unspecified atom stereocenters. The van der Waals surface area contributed by atoms with Gasteiger partial charge in [0, 0.05) is 31.0 Å². The van der Waals surface area contributed by atoms with Crippen molar-refractivity contribution in [1.29, 1.82) is 0 Å². The Kier molecular flexibility index (Phi) is 6.12. The Bertz CT molecular complexity index is 1090. The van der Waals surface area contributed by atoms with E-state index in [2.05, 4.69) is 21.7 Å². The van der Waals surface area contributed by atoms with Crippen LogP contribution in [0, 0.1) is 0 Å². The molecule has 2 aromatic carbocycles. The van der Waals surface area contributed by atoms with E-state index < -0.39 is 6.10 Å². The Morgan fingerprint density at radius 2 is 1.63 bits per heavy atom. The first-order valence-corrected chi connectivity index (χ1v) is 10.1. The molecule has 0 amide bonds. The molecule has 0 radical (unpaired) electrons. The van der Waals surface area contributed by atoms with Gasteiger partial charge in [-0.2, -0.15) is 0 Å². The van der Waals surface area contributed by atoms with Crippen LogP contribution >= 0.6 is 0 Å². The van der Waals surface area contributed by atoms with Crippen molar-refractivity contribution in [3.63, 3.8) is 0 Å². The van der Waals surface area contributed by atoms with E-state index in [1.807, 2.05) is 79.8 Å². The molecule has 30 heavy (non-hydrogen) atoms. The number of nitrogens with zero attached hydrogens (tertiary/aromatic N) is 3. The Hall–Kier alpha value is -3.15. The van der Waals surface area contributed by atoms with Gasteiger partial charge < -0.3 is 19.3 Å². The van der Waals surface area contributed by atoms with Crippen LogP contribution in [0.15, 0.2) is 79.1 Å². The van der Waals surface area contributed by atoms with Gasteiger partial charge in [-0.1, -0.05) is 60.7 Å². The monoisotopic (exact) mass is 401 g/mol. The summed E-state index contributed by atoms with van der Waals surface area (Å²) < 4.78 is 8.28. The summed E-state index contributed by atoms with van der Waals surface area (Å²) in [6.45, 7) is 1.67. The molecule has 1 N–H and O–H groups in total. The van der Waals surface area contributed by atoms with E-state index in [4.69, 9.17) is 4.74 Å². The third kappa shape index (κ3) is 4.53. The average Bonchev–Trinajstić information content (AvgIpc) is 3.12. The summed E-state index contributed by atoms with van der Waals surface area (Å²) in [6, 6.07) is 22.2. The molecule has 0 saturated carbocycles. The molecule has 2 aromatic heterocycles. The molecule has 4 rings (SSSR count). The minimum absolute atomic E-state index is 0.465. The largest absolute Gasteiger partial charge is 0.488 e. The van der Waals surface area contributed by atoms with Crippen molar-refractivity contribution in [3.8, 4) is 5.75 Å². The molecule has 2 heterocycles. The zero-order valence-corrected chi connectivity index (χ0v) is 17.4. The highest BCUT2D eigenvalue weighted by Crippen LogP contribution is 2.34. The van der Waals surface area contributed by atoms with E-state index in [-0.39, 0.29) is 0 Å². The van der Waals surface area contributed by atoms with Crippen molar-refractivity contribution < 1.29 is 9.84 Å². The lowest BCUT2D eigenvalue weighted by atomic mass is 10.1. The van der Waals surface area contributed by atoms with E-state index in [1.165, 1.54) is 5.56 Å². The highest BCUT2D eigenvalue weighted by molar-refractivity contribution is 5.87. The number of fused-ring (bicyclic) bond motifs is 1. The highest BCUT2D eigenvalue weighted by Gasteiger charge is 2.21. The van der Waals surface area contributed by atoms with Crippen LogP contribution < -0.4 is 4.74 Å². The zero-order valence-electron chi connectivity index (χ0n) is 17.4. The first-order chi connectivity index (χ1) is 14.6. The molecule has 0 saturated heterocycles. The maximum absolute atomic E-state index is 10.9. The maximum Gasteiger partial charge on any atom is 0.144 e. The van der Waals surface area contributed by atoms with Crippen LogP contribution in [-0.4, -0.2) is 40.2 Å². The molecule has 154 valence electrons. The summed E-state index contributed by atoms with van der Waals surface area (Å²) in [5.41, 5.74) is 3.94. The molecular formula is C25H27N3O2. The molecule has 0 aliphatic heterocycles. The Labute approximate surface area is 177 Å². The number of aliphatic hydroxyl groups excluding tert-OH is 1. The number of benzene rings is 2. The van der Waals surface area contributed by atoms with E-state index in [0.29, 0.717) is 19.7 Å². The fourth-order valence-electron chi connectivity index (χ4n) is 3.67. The van der Waals surface area contributed by atoms with Gasteiger partial charge in [0.25, 0.3) is 0 Å². The Morgan fingerprint density at radius 3 is 2.30 bits per heavy atom.